The van der Waals surface area contributed by atoms with Gasteiger partial charge in [0.2, 0.25) is 0 Å². The minimum absolute atomic E-state index is 0.271. The van der Waals surface area contributed by atoms with Crippen LogP contribution in [0.4, 0.5) is 8.78 Å². The van der Waals surface area contributed by atoms with Crippen molar-refractivity contribution in [3.8, 4) is 11.1 Å². The topological polar surface area (TPSA) is 48.3 Å². The van der Waals surface area contributed by atoms with Crippen molar-refractivity contribution < 1.29 is 13.3 Å². The SMILES string of the molecule is Cc1cccc(C)c1-c1cc(/C=N/[S@+]([O-])C(C)(C)C)nc(C(F)F)c1. The first-order chi connectivity index (χ1) is 11.6. The van der Waals surface area contributed by atoms with Crippen molar-refractivity contribution in [2.45, 2.75) is 45.8 Å². The minimum Gasteiger partial charge on any atom is -0.591 e. The predicted molar refractivity (Wildman–Crippen MR) is 99.6 cm³/mol. The van der Waals surface area contributed by atoms with Crippen LogP contribution in [-0.4, -0.2) is 20.5 Å². The van der Waals surface area contributed by atoms with Crippen molar-refractivity contribution >= 4 is 17.6 Å². The van der Waals surface area contributed by atoms with E-state index in [1.165, 1.54) is 12.3 Å². The van der Waals surface area contributed by atoms with Crippen molar-refractivity contribution in [3.63, 3.8) is 0 Å². The molecule has 0 bridgehead atoms. The highest BCUT2D eigenvalue weighted by molar-refractivity contribution is 7.91. The van der Waals surface area contributed by atoms with E-state index in [1.807, 2.05) is 32.0 Å². The summed E-state index contributed by atoms with van der Waals surface area (Å²) in [6.07, 6.45) is -1.38. The number of halogens is 2. The average Bonchev–Trinajstić information content (AvgIpc) is 2.51. The van der Waals surface area contributed by atoms with Crippen LogP contribution in [-0.2, 0) is 11.4 Å². The smallest absolute Gasteiger partial charge is 0.280 e. The highest BCUT2D eigenvalue weighted by atomic mass is 32.2. The van der Waals surface area contributed by atoms with Crippen LogP contribution in [0.1, 0.15) is 49.7 Å². The van der Waals surface area contributed by atoms with Crippen molar-refractivity contribution in [3.05, 3.63) is 52.8 Å². The van der Waals surface area contributed by atoms with Gasteiger partial charge in [0.25, 0.3) is 6.43 Å². The average molecular weight is 364 g/mol. The van der Waals surface area contributed by atoms with Crippen LogP contribution in [0.5, 0.6) is 0 Å². The third-order valence-electron chi connectivity index (χ3n) is 3.66. The lowest BCUT2D eigenvalue weighted by molar-refractivity contribution is 0.146. The monoisotopic (exact) mass is 364 g/mol. The molecule has 2 rings (SSSR count). The summed E-state index contributed by atoms with van der Waals surface area (Å²) in [7, 11) is 0. The Labute approximate surface area is 150 Å². The first kappa shape index (κ1) is 19.5. The van der Waals surface area contributed by atoms with Crippen LogP contribution in [0.25, 0.3) is 11.1 Å². The summed E-state index contributed by atoms with van der Waals surface area (Å²) < 4.78 is 42.1. The molecule has 6 heteroatoms. The molecule has 0 aliphatic rings. The summed E-state index contributed by atoms with van der Waals surface area (Å²) in [5.74, 6) is 0. The molecule has 3 nitrogen and oxygen atoms in total. The normalized spacial score (nSPS) is 13.6. The second kappa shape index (κ2) is 7.62. The molecule has 1 atom stereocenters. The maximum atomic E-state index is 13.3. The molecule has 0 unspecified atom stereocenters. The molecule has 1 aromatic carbocycles. The zero-order valence-electron chi connectivity index (χ0n) is 15.0. The second-order valence-electron chi connectivity index (χ2n) is 6.87. The first-order valence-electron chi connectivity index (χ1n) is 7.92. The Hall–Kier alpha value is -1.79. The summed E-state index contributed by atoms with van der Waals surface area (Å²) in [4.78, 5) is 3.94. The summed E-state index contributed by atoms with van der Waals surface area (Å²) in [6, 6.07) is 8.90. The largest absolute Gasteiger partial charge is 0.591 e. The van der Waals surface area contributed by atoms with Gasteiger partial charge in [-0.25, -0.2) is 13.8 Å². The Morgan fingerprint density at radius 3 is 2.28 bits per heavy atom. The number of hydrogen-bond donors (Lipinski definition) is 0. The summed E-state index contributed by atoms with van der Waals surface area (Å²) in [5.41, 5.74) is 3.50. The fourth-order valence-corrected chi connectivity index (χ4v) is 2.95. The van der Waals surface area contributed by atoms with Gasteiger partial charge in [0.15, 0.2) is 0 Å². The highest BCUT2D eigenvalue weighted by Crippen LogP contribution is 2.30. The Bertz CT molecular complexity index is 765. The summed E-state index contributed by atoms with van der Waals surface area (Å²) >= 11 is -1.47. The van der Waals surface area contributed by atoms with E-state index in [-0.39, 0.29) is 11.4 Å². The van der Waals surface area contributed by atoms with E-state index in [1.54, 1.807) is 26.8 Å². The molecule has 134 valence electrons. The molecule has 1 heterocycles. The number of nitrogens with zero attached hydrogens (tertiary/aromatic N) is 2. The van der Waals surface area contributed by atoms with Gasteiger partial charge in [0.1, 0.15) is 28.0 Å². The molecule has 1 aromatic heterocycles. The minimum atomic E-state index is -2.69. The van der Waals surface area contributed by atoms with Gasteiger partial charge >= 0.3 is 0 Å². The number of benzene rings is 1. The van der Waals surface area contributed by atoms with Crippen LogP contribution >= 0.6 is 0 Å². The van der Waals surface area contributed by atoms with Gasteiger partial charge in [-0.1, -0.05) is 22.6 Å². The lowest BCUT2D eigenvalue weighted by Gasteiger charge is -2.17. The second-order valence-corrected chi connectivity index (χ2v) is 8.80. The molecule has 0 fully saturated rings. The molecule has 0 aliphatic carbocycles. The van der Waals surface area contributed by atoms with Gasteiger partial charge < -0.3 is 4.55 Å². The van der Waals surface area contributed by atoms with Crippen molar-refractivity contribution in [1.82, 2.24) is 4.98 Å². The number of hydrogen-bond acceptors (Lipinski definition) is 3. The Morgan fingerprint density at radius 1 is 1.16 bits per heavy atom. The van der Waals surface area contributed by atoms with Crippen molar-refractivity contribution in [1.29, 1.82) is 0 Å². The Morgan fingerprint density at radius 2 is 1.76 bits per heavy atom. The molecule has 0 N–H and O–H groups in total. The van der Waals surface area contributed by atoms with Crippen LogP contribution in [0.2, 0.25) is 0 Å². The van der Waals surface area contributed by atoms with Gasteiger partial charge in [0.05, 0.1) is 5.69 Å². The van der Waals surface area contributed by atoms with Crippen LogP contribution in [0.3, 0.4) is 0 Å². The van der Waals surface area contributed by atoms with E-state index in [9.17, 15) is 13.3 Å². The maximum absolute atomic E-state index is 13.3. The third-order valence-corrected chi connectivity index (χ3v) is 5.01. The number of pyridine rings is 1. The lowest BCUT2D eigenvalue weighted by Crippen LogP contribution is -2.25. The van der Waals surface area contributed by atoms with Gasteiger partial charge in [0, 0.05) is 0 Å². The lowest BCUT2D eigenvalue weighted by atomic mass is 9.95. The first-order valence-corrected chi connectivity index (χ1v) is 9.03. The molecule has 0 saturated carbocycles. The fourth-order valence-electron chi connectivity index (χ4n) is 2.43. The number of aromatic nitrogens is 1. The van der Waals surface area contributed by atoms with E-state index in [0.717, 1.165) is 16.7 Å². The Balaban J connectivity index is 2.53. The van der Waals surface area contributed by atoms with E-state index in [4.69, 9.17) is 0 Å². The van der Waals surface area contributed by atoms with E-state index in [0.29, 0.717) is 5.56 Å². The molecular formula is C19H22F2N2OS. The van der Waals surface area contributed by atoms with E-state index >= 15 is 0 Å². The van der Waals surface area contributed by atoms with E-state index < -0.39 is 22.5 Å². The fraction of sp³-hybridized carbons (Fsp3) is 0.368. The zero-order chi connectivity index (χ0) is 18.8. The molecule has 0 radical (unpaired) electrons. The quantitative estimate of drug-likeness (QED) is 0.554. The molecule has 0 saturated heterocycles. The van der Waals surface area contributed by atoms with Gasteiger partial charge in [-0.15, -0.1) is 0 Å². The van der Waals surface area contributed by atoms with Crippen LogP contribution in [0.15, 0.2) is 34.7 Å². The number of aryl methyl sites for hydroxylation is 2. The zero-order valence-corrected chi connectivity index (χ0v) is 15.8. The molecule has 2 aromatic rings. The molecule has 0 spiro atoms. The van der Waals surface area contributed by atoms with Gasteiger partial charge in [-0.3, -0.25) is 0 Å². The van der Waals surface area contributed by atoms with Crippen LogP contribution < -0.4 is 0 Å². The van der Waals surface area contributed by atoms with E-state index in [2.05, 4.69) is 9.38 Å². The Kier molecular flexibility index (Phi) is 5.95. The standard InChI is InChI=1S/C19H22F2N2OS/c1-12-7-6-8-13(2)17(12)14-9-15(23-16(10-14)18(20)21)11-22-25(24)19(3,4)5/h6-11,18H,1-5H3/b22-11+/t25-/m1/s1. The molecule has 0 aliphatic heterocycles. The number of rotatable bonds is 4. The van der Waals surface area contributed by atoms with Gasteiger partial charge in [-0.05, 0) is 69.0 Å². The number of alkyl halides is 2. The summed E-state index contributed by atoms with van der Waals surface area (Å²) in [6.45, 7) is 9.27. The highest BCUT2D eigenvalue weighted by Gasteiger charge is 2.26. The summed E-state index contributed by atoms with van der Waals surface area (Å²) in [5, 5.41) is 0. The maximum Gasteiger partial charge on any atom is 0.280 e. The predicted octanol–water partition coefficient (Wildman–Crippen LogP) is 5.18. The molecular weight excluding hydrogens is 342 g/mol. The van der Waals surface area contributed by atoms with Crippen molar-refractivity contribution in [2.75, 3.05) is 0 Å². The molecule has 25 heavy (non-hydrogen) atoms. The van der Waals surface area contributed by atoms with Crippen LogP contribution in [0, 0.1) is 13.8 Å². The third kappa shape index (κ3) is 4.86. The van der Waals surface area contributed by atoms with Crippen molar-refractivity contribution in [2.24, 2.45) is 4.40 Å². The van der Waals surface area contributed by atoms with Gasteiger partial charge in [-0.2, -0.15) is 0 Å². The molecule has 0 amide bonds.